The number of amides is 5. The largest absolute Gasteiger partial charge is 0.493 e. The van der Waals surface area contributed by atoms with Crippen molar-refractivity contribution in [2.75, 3.05) is 19.0 Å². The SMILES string of the molecule is COc1cc(C=C2C(=O)NC(=O)NC2=O)ccc1OCC(=O)Nc1ccc(C)c(C)c1. The Morgan fingerprint density at radius 1 is 0.968 bits per heavy atom. The maximum atomic E-state index is 12.2. The summed E-state index contributed by atoms with van der Waals surface area (Å²) >= 11 is 0. The number of aryl methyl sites for hydroxylation is 2. The molecule has 0 bridgehead atoms. The third-order valence-electron chi connectivity index (χ3n) is 4.59. The standard InChI is InChI=1S/C22H21N3O6/c1-12-4-6-15(8-13(12)2)23-19(26)11-31-17-7-5-14(10-18(17)30-3)9-16-20(27)24-22(29)25-21(16)28/h4-10H,11H2,1-3H3,(H,23,26)(H2,24,25,27,28,29). The number of carbonyl (C=O) groups is 4. The van der Waals surface area contributed by atoms with E-state index in [9.17, 15) is 19.2 Å². The van der Waals surface area contributed by atoms with Gasteiger partial charge >= 0.3 is 6.03 Å². The first-order chi connectivity index (χ1) is 14.8. The maximum Gasteiger partial charge on any atom is 0.328 e. The van der Waals surface area contributed by atoms with E-state index in [1.165, 1.54) is 13.2 Å². The number of hydrogen-bond donors (Lipinski definition) is 3. The first-order valence-electron chi connectivity index (χ1n) is 9.33. The highest BCUT2D eigenvalue weighted by Gasteiger charge is 2.27. The molecule has 3 rings (SSSR count). The van der Waals surface area contributed by atoms with Crippen LogP contribution in [0.4, 0.5) is 10.5 Å². The van der Waals surface area contributed by atoms with Crippen molar-refractivity contribution in [2.24, 2.45) is 0 Å². The molecule has 0 aromatic heterocycles. The smallest absolute Gasteiger partial charge is 0.328 e. The monoisotopic (exact) mass is 423 g/mol. The van der Waals surface area contributed by atoms with Gasteiger partial charge in [-0.3, -0.25) is 25.0 Å². The second kappa shape index (κ2) is 9.12. The first-order valence-corrected chi connectivity index (χ1v) is 9.33. The van der Waals surface area contributed by atoms with E-state index in [2.05, 4.69) is 5.32 Å². The minimum Gasteiger partial charge on any atom is -0.493 e. The number of imide groups is 2. The minimum absolute atomic E-state index is 0.219. The topological polar surface area (TPSA) is 123 Å². The van der Waals surface area contributed by atoms with Crippen LogP contribution in [0.25, 0.3) is 6.08 Å². The Balaban J connectivity index is 1.68. The van der Waals surface area contributed by atoms with E-state index in [0.717, 1.165) is 11.1 Å². The molecule has 1 aliphatic rings. The first kappa shape index (κ1) is 21.6. The van der Waals surface area contributed by atoms with Crippen LogP contribution in [0.15, 0.2) is 42.0 Å². The van der Waals surface area contributed by atoms with E-state index in [4.69, 9.17) is 9.47 Å². The summed E-state index contributed by atoms with van der Waals surface area (Å²) in [4.78, 5) is 47.0. The Morgan fingerprint density at radius 3 is 2.32 bits per heavy atom. The average Bonchev–Trinajstić information content (AvgIpc) is 2.72. The fraction of sp³-hybridized carbons (Fsp3) is 0.182. The third kappa shape index (κ3) is 5.27. The molecule has 9 nitrogen and oxygen atoms in total. The lowest BCUT2D eigenvalue weighted by molar-refractivity contribution is -0.124. The average molecular weight is 423 g/mol. The van der Waals surface area contributed by atoms with Crippen LogP contribution in [0.3, 0.4) is 0 Å². The van der Waals surface area contributed by atoms with Crippen LogP contribution in [0.5, 0.6) is 11.5 Å². The van der Waals surface area contributed by atoms with Gasteiger partial charge in [0.15, 0.2) is 18.1 Å². The predicted molar refractivity (Wildman–Crippen MR) is 113 cm³/mol. The van der Waals surface area contributed by atoms with Crippen LogP contribution in [0.2, 0.25) is 0 Å². The maximum absolute atomic E-state index is 12.2. The number of benzene rings is 2. The molecule has 2 aromatic rings. The number of hydrogen-bond acceptors (Lipinski definition) is 6. The number of methoxy groups -OCH3 is 1. The molecule has 5 amide bonds. The molecule has 0 radical (unpaired) electrons. The van der Waals surface area contributed by atoms with Crippen molar-refractivity contribution in [2.45, 2.75) is 13.8 Å². The Bertz CT molecular complexity index is 1080. The summed E-state index contributed by atoms with van der Waals surface area (Å²) in [7, 11) is 1.42. The summed E-state index contributed by atoms with van der Waals surface area (Å²) < 4.78 is 10.8. The number of ether oxygens (including phenoxy) is 2. The lowest BCUT2D eigenvalue weighted by Crippen LogP contribution is -2.51. The number of carbonyl (C=O) groups excluding carboxylic acids is 4. The molecule has 0 unspecified atom stereocenters. The van der Waals surface area contributed by atoms with Gasteiger partial charge in [0.05, 0.1) is 7.11 Å². The van der Waals surface area contributed by atoms with Crippen LogP contribution >= 0.6 is 0 Å². The molecule has 31 heavy (non-hydrogen) atoms. The van der Waals surface area contributed by atoms with E-state index in [1.807, 2.05) is 42.7 Å². The number of anilines is 1. The predicted octanol–water partition coefficient (Wildman–Crippen LogP) is 2.08. The summed E-state index contributed by atoms with van der Waals surface area (Å²) in [6.45, 7) is 3.71. The molecule has 1 aliphatic heterocycles. The van der Waals surface area contributed by atoms with Crippen molar-refractivity contribution in [1.29, 1.82) is 0 Å². The molecule has 1 fully saturated rings. The summed E-state index contributed by atoms with van der Waals surface area (Å²) in [6, 6.07) is 9.43. The molecule has 0 saturated carbocycles. The Kier molecular flexibility index (Phi) is 6.35. The normalized spacial score (nSPS) is 13.3. The molecule has 0 spiro atoms. The summed E-state index contributed by atoms with van der Waals surface area (Å²) in [5, 5.41) is 6.77. The van der Waals surface area contributed by atoms with Gasteiger partial charge in [0, 0.05) is 5.69 Å². The van der Waals surface area contributed by atoms with Crippen molar-refractivity contribution in [3.8, 4) is 11.5 Å². The zero-order valence-corrected chi connectivity index (χ0v) is 17.2. The van der Waals surface area contributed by atoms with Gasteiger partial charge in [-0.2, -0.15) is 0 Å². The Morgan fingerprint density at radius 2 is 1.68 bits per heavy atom. The lowest BCUT2D eigenvalue weighted by Gasteiger charge is -2.15. The highest BCUT2D eigenvalue weighted by atomic mass is 16.5. The minimum atomic E-state index is -0.868. The van der Waals surface area contributed by atoms with Gasteiger partial charge < -0.3 is 14.8 Å². The Hall–Kier alpha value is -4.14. The van der Waals surface area contributed by atoms with Crippen molar-refractivity contribution in [3.63, 3.8) is 0 Å². The molecule has 1 saturated heterocycles. The number of rotatable bonds is 6. The van der Waals surface area contributed by atoms with Crippen LogP contribution in [0, 0.1) is 13.8 Å². The van der Waals surface area contributed by atoms with Gasteiger partial charge in [-0.05, 0) is 60.9 Å². The molecule has 0 atom stereocenters. The highest BCUT2D eigenvalue weighted by molar-refractivity contribution is 6.31. The summed E-state index contributed by atoms with van der Waals surface area (Å²) in [5.41, 5.74) is 3.12. The number of nitrogens with one attached hydrogen (secondary N) is 3. The molecule has 2 aromatic carbocycles. The van der Waals surface area contributed by atoms with Crippen molar-refractivity contribution in [1.82, 2.24) is 10.6 Å². The number of barbiturate groups is 1. The summed E-state index contributed by atoms with van der Waals surface area (Å²) in [6.07, 6.45) is 1.32. The van der Waals surface area contributed by atoms with Crippen LogP contribution in [-0.2, 0) is 14.4 Å². The van der Waals surface area contributed by atoms with Gasteiger partial charge in [-0.15, -0.1) is 0 Å². The van der Waals surface area contributed by atoms with E-state index in [-0.39, 0.29) is 18.1 Å². The van der Waals surface area contributed by atoms with E-state index < -0.39 is 17.8 Å². The molecule has 160 valence electrons. The second-order valence-corrected chi connectivity index (χ2v) is 6.84. The molecular formula is C22H21N3O6. The van der Waals surface area contributed by atoms with Crippen LogP contribution < -0.4 is 25.4 Å². The van der Waals surface area contributed by atoms with Gasteiger partial charge in [-0.25, -0.2) is 4.79 Å². The van der Waals surface area contributed by atoms with Crippen molar-refractivity contribution >= 4 is 35.5 Å². The lowest BCUT2D eigenvalue weighted by atomic mass is 10.1. The van der Waals surface area contributed by atoms with Crippen LogP contribution in [-0.4, -0.2) is 37.5 Å². The summed E-state index contributed by atoms with van der Waals surface area (Å²) in [5.74, 6) is -1.31. The number of urea groups is 1. The molecule has 9 heteroatoms. The fourth-order valence-electron chi connectivity index (χ4n) is 2.83. The van der Waals surface area contributed by atoms with Gasteiger partial charge in [0.25, 0.3) is 17.7 Å². The second-order valence-electron chi connectivity index (χ2n) is 6.84. The molecular weight excluding hydrogens is 402 g/mol. The van der Waals surface area contributed by atoms with Gasteiger partial charge in [0.2, 0.25) is 0 Å². The van der Waals surface area contributed by atoms with E-state index >= 15 is 0 Å². The van der Waals surface area contributed by atoms with Crippen molar-refractivity contribution in [3.05, 3.63) is 58.7 Å². The molecule has 1 heterocycles. The molecule has 0 aliphatic carbocycles. The zero-order valence-electron chi connectivity index (χ0n) is 17.2. The van der Waals surface area contributed by atoms with E-state index in [0.29, 0.717) is 22.7 Å². The Labute approximate surface area is 178 Å². The van der Waals surface area contributed by atoms with Crippen LogP contribution in [0.1, 0.15) is 16.7 Å². The quantitative estimate of drug-likeness (QED) is 0.483. The van der Waals surface area contributed by atoms with Gasteiger partial charge in [-0.1, -0.05) is 12.1 Å². The molecule has 3 N–H and O–H groups in total. The van der Waals surface area contributed by atoms with Gasteiger partial charge in [0.1, 0.15) is 5.57 Å². The van der Waals surface area contributed by atoms with E-state index in [1.54, 1.807) is 18.2 Å². The highest BCUT2D eigenvalue weighted by Crippen LogP contribution is 2.29. The zero-order chi connectivity index (χ0) is 22.5. The fourth-order valence-corrected chi connectivity index (χ4v) is 2.83. The third-order valence-corrected chi connectivity index (χ3v) is 4.59. The van der Waals surface area contributed by atoms with Crippen molar-refractivity contribution < 1.29 is 28.7 Å².